The lowest BCUT2D eigenvalue weighted by atomic mass is 10.1. The maximum Gasteiger partial charge on any atom is 0.264 e. The van der Waals surface area contributed by atoms with Crippen LogP contribution in [0.4, 0.5) is 5.69 Å². The predicted octanol–water partition coefficient (Wildman–Crippen LogP) is 4.96. The van der Waals surface area contributed by atoms with Gasteiger partial charge < -0.3 is 14.2 Å². The molecule has 1 saturated heterocycles. The van der Waals surface area contributed by atoms with Crippen LogP contribution in [0.25, 0.3) is 17.4 Å². The number of piperazine rings is 1. The molecule has 1 fully saturated rings. The van der Waals surface area contributed by atoms with Crippen molar-refractivity contribution in [2.24, 2.45) is 0 Å². The number of hydrogen-bond donors (Lipinski definition) is 0. The van der Waals surface area contributed by atoms with Gasteiger partial charge in [0.1, 0.15) is 23.2 Å². The molecule has 30 heavy (non-hydrogen) atoms. The van der Waals surface area contributed by atoms with Crippen LogP contribution in [0.2, 0.25) is 0 Å². The second kappa shape index (κ2) is 9.02. The average molecular weight is 462 g/mol. The van der Waals surface area contributed by atoms with Gasteiger partial charge in [-0.05, 0) is 36.4 Å². The van der Waals surface area contributed by atoms with Crippen molar-refractivity contribution < 1.29 is 9.21 Å². The standard InChI is InChI=1S/C24H20BrN3O2/c25-20-6-4-5-18(15-20)23-10-9-22(30-23)16-19(17-26)24(29)28-13-11-27(12-14-28)21-7-2-1-3-8-21/h1-10,15-16H,11-14H2/b19-16-. The molecule has 4 rings (SSSR count). The summed E-state index contributed by atoms with van der Waals surface area (Å²) in [6.07, 6.45) is 1.52. The largest absolute Gasteiger partial charge is 0.457 e. The molecule has 1 aliphatic heterocycles. The number of rotatable bonds is 4. The summed E-state index contributed by atoms with van der Waals surface area (Å²) >= 11 is 3.45. The van der Waals surface area contributed by atoms with E-state index in [2.05, 4.69) is 33.0 Å². The fraction of sp³-hybridized carbons (Fsp3) is 0.167. The number of benzene rings is 2. The number of nitriles is 1. The Balaban J connectivity index is 1.45. The lowest BCUT2D eigenvalue weighted by Crippen LogP contribution is -2.49. The van der Waals surface area contributed by atoms with E-state index in [1.165, 1.54) is 6.08 Å². The first kappa shape index (κ1) is 20.0. The van der Waals surface area contributed by atoms with Crippen molar-refractivity contribution in [3.8, 4) is 17.4 Å². The van der Waals surface area contributed by atoms with Crippen molar-refractivity contribution in [2.75, 3.05) is 31.1 Å². The van der Waals surface area contributed by atoms with Gasteiger partial charge in [-0.2, -0.15) is 5.26 Å². The van der Waals surface area contributed by atoms with Crippen molar-refractivity contribution in [3.63, 3.8) is 0 Å². The van der Waals surface area contributed by atoms with Crippen molar-refractivity contribution >= 4 is 33.6 Å². The third-order valence-corrected chi connectivity index (χ3v) is 5.55. The van der Waals surface area contributed by atoms with E-state index in [0.717, 1.165) is 28.8 Å². The Morgan fingerprint density at radius 2 is 1.77 bits per heavy atom. The zero-order valence-electron chi connectivity index (χ0n) is 16.3. The van der Waals surface area contributed by atoms with Crippen molar-refractivity contribution in [3.05, 3.63) is 82.5 Å². The number of para-hydroxylation sites is 1. The summed E-state index contributed by atoms with van der Waals surface area (Å²) in [5.74, 6) is 0.909. The lowest BCUT2D eigenvalue weighted by Gasteiger charge is -2.36. The number of halogens is 1. The summed E-state index contributed by atoms with van der Waals surface area (Å²) in [6.45, 7) is 2.63. The summed E-state index contributed by atoms with van der Waals surface area (Å²) in [7, 11) is 0. The highest BCUT2D eigenvalue weighted by Gasteiger charge is 2.24. The Kier molecular flexibility index (Phi) is 6.01. The number of nitrogens with zero attached hydrogens (tertiary/aromatic N) is 3. The molecule has 1 amide bonds. The Morgan fingerprint density at radius 1 is 1.00 bits per heavy atom. The van der Waals surface area contributed by atoms with Gasteiger partial charge in [-0.1, -0.05) is 46.3 Å². The molecule has 0 unspecified atom stereocenters. The van der Waals surface area contributed by atoms with Gasteiger partial charge in [-0.25, -0.2) is 0 Å². The van der Waals surface area contributed by atoms with Crippen molar-refractivity contribution in [1.29, 1.82) is 5.26 Å². The second-order valence-electron chi connectivity index (χ2n) is 7.00. The normalized spacial score (nSPS) is 14.5. The summed E-state index contributed by atoms with van der Waals surface area (Å²) in [6, 6.07) is 23.6. The number of anilines is 1. The van der Waals surface area contributed by atoms with E-state index in [-0.39, 0.29) is 11.5 Å². The molecule has 2 aromatic carbocycles. The first-order valence-corrected chi connectivity index (χ1v) is 10.5. The minimum atomic E-state index is -0.259. The van der Waals surface area contributed by atoms with Crippen LogP contribution in [0.5, 0.6) is 0 Å². The van der Waals surface area contributed by atoms with Crippen molar-refractivity contribution in [1.82, 2.24) is 4.90 Å². The molecule has 0 atom stereocenters. The van der Waals surface area contributed by atoms with Crippen LogP contribution in [0.1, 0.15) is 5.76 Å². The lowest BCUT2D eigenvalue weighted by molar-refractivity contribution is -0.126. The molecule has 0 bridgehead atoms. The van der Waals surface area contributed by atoms with Crippen LogP contribution < -0.4 is 4.90 Å². The van der Waals surface area contributed by atoms with Gasteiger partial charge in [0.2, 0.25) is 0 Å². The van der Waals surface area contributed by atoms with E-state index >= 15 is 0 Å². The second-order valence-corrected chi connectivity index (χ2v) is 7.91. The third kappa shape index (κ3) is 4.47. The summed E-state index contributed by atoms with van der Waals surface area (Å²) in [5.41, 5.74) is 2.15. The first-order chi connectivity index (χ1) is 14.6. The molecule has 0 spiro atoms. The van der Waals surface area contributed by atoms with Crippen molar-refractivity contribution in [2.45, 2.75) is 0 Å². The monoisotopic (exact) mass is 461 g/mol. The van der Waals surface area contributed by atoms with Gasteiger partial charge in [0, 0.05) is 48.0 Å². The van der Waals surface area contributed by atoms with E-state index in [1.807, 2.05) is 54.6 Å². The number of carbonyl (C=O) groups is 1. The minimum Gasteiger partial charge on any atom is -0.457 e. The molecule has 0 radical (unpaired) electrons. The maximum atomic E-state index is 12.9. The Morgan fingerprint density at radius 3 is 2.47 bits per heavy atom. The zero-order valence-corrected chi connectivity index (χ0v) is 17.9. The molecule has 2 heterocycles. The molecular weight excluding hydrogens is 442 g/mol. The van der Waals surface area contributed by atoms with Crippen LogP contribution in [0, 0.1) is 11.3 Å². The highest BCUT2D eigenvalue weighted by molar-refractivity contribution is 9.10. The van der Waals surface area contributed by atoms with Gasteiger partial charge in [-0.3, -0.25) is 4.79 Å². The van der Waals surface area contributed by atoms with Crippen LogP contribution in [0.3, 0.4) is 0 Å². The molecule has 0 N–H and O–H groups in total. The Bertz CT molecular complexity index is 1110. The predicted molar refractivity (Wildman–Crippen MR) is 121 cm³/mol. The third-order valence-electron chi connectivity index (χ3n) is 5.06. The number of amides is 1. The molecule has 6 heteroatoms. The minimum absolute atomic E-state index is 0.0818. The van der Waals surface area contributed by atoms with E-state index in [9.17, 15) is 10.1 Å². The summed E-state index contributed by atoms with van der Waals surface area (Å²) < 4.78 is 6.80. The van der Waals surface area contributed by atoms with Gasteiger partial charge in [0.25, 0.3) is 5.91 Å². The first-order valence-electron chi connectivity index (χ1n) is 9.71. The van der Waals surface area contributed by atoms with Gasteiger partial charge in [0.15, 0.2) is 0 Å². The van der Waals surface area contributed by atoms with Gasteiger partial charge in [-0.15, -0.1) is 0 Å². The molecule has 0 saturated carbocycles. The van der Waals surface area contributed by atoms with E-state index in [1.54, 1.807) is 11.0 Å². The quantitative estimate of drug-likeness (QED) is 0.406. The van der Waals surface area contributed by atoms with Crippen LogP contribution in [-0.2, 0) is 4.79 Å². The summed E-state index contributed by atoms with van der Waals surface area (Å²) in [5, 5.41) is 9.55. The highest BCUT2D eigenvalue weighted by Crippen LogP contribution is 2.26. The van der Waals surface area contributed by atoms with E-state index in [0.29, 0.717) is 24.6 Å². The fourth-order valence-corrected chi connectivity index (χ4v) is 3.89. The molecule has 1 aromatic heterocycles. The van der Waals surface area contributed by atoms with E-state index < -0.39 is 0 Å². The molecule has 5 nitrogen and oxygen atoms in total. The molecule has 0 aliphatic carbocycles. The van der Waals surface area contributed by atoms with Crippen LogP contribution in [-0.4, -0.2) is 37.0 Å². The van der Waals surface area contributed by atoms with E-state index in [4.69, 9.17) is 4.42 Å². The molecule has 1 aliphatic rings. The van der Waals surface area contributed by atoms with Gasteiger partial charge >= 0.3 is 0 Å². The number of furan rings is 1. The topological polar surface area (TPSA) is 60.5 Å². The number of hydrogen-bond acceptors (Lipinski definition) is 4. The van der Waals surface area contributed by atoms with Crippen LogP contribution >= 0.6 is 15.9 Å². The smallest absolute Gasteiger partial charge is 0.264 e. The molecular formula is C24H20BrN3O2. The molecule has 150 valence electrons. The Labute approximate surface area is 184 Å². The zero-order chi connectivity index (χ0) is 20.9. The highest BCUT2D eigenvalue weighted by atomic mass is 79.9. The molecule has 3 aromatic rings. The SMILES string of the molecule is N#C/C(=C/c1ccc(-c2cccc(Br)c2)o1)C(=O)N1CCN(c2ccccc2)CC1. The van der Waals surface area contributed by atoms with Gasteiger partial charge in [0.05, 0.1) is 0 Å². The summed E-state index contributed by atoms with van der Waals surface area (Å²) in [4.78, 5) is 16.8. The number of carbonyl (C=O) groups excluding carboxylic acids is 1. The Hall–Kier alpha value is -3.30. The fourth-order valence-electron chi connectivity index (χ4n) is 3.49. The average Bonchev–Trinajstić information content (AvgIpc) is 3.26. The maximum absolute atomic E-state index is 12.9. The van der Waals surface area contributed by atoms with Crippen LogP contribution in [0.15, 0.2) is 81.2 Å².